The smallest absolute Gasteiger partial charge is 0.261 e. The maximum atomic E-state index is 12.8. The number of amides is 1. The van der Waals surface area contributed by atoms with Crippen LogP contribution in [0.25, 0.3) is 0 Å². The normalized spacial score (nSPS) is 10.9. The van der Waals surface area contributed by atoms with E-state index in [1.165, 1.54) is 31.2 Å². The first-order chi connectivity index (χ1) is 15.6. The van der Waals surface area contributed by atoms with E-state index in [1.807, 2.05) is 32.0 Å². The van der Waals surface area contributed by atoms with Crippen LogP contribution in [0.4, 0.5) is 11.4 Å². The van der Waals surface area contributed by atoms with Crippen LogP contribution in [0.15, 0.2) is 71.6 Å². The maximum Gasteiger partial charge on any atom is 0.261 e. The van der Waals surface area contributed by atoms with E-state index in [2.05, 4.69) is 15.4 Å². The van der Waals surface area contributed by atoms with Crippen LogP contribution in [0, 0.1) is 13.8 Å². The molecule has 0 unspecified atom stereocenters. The van der Waals surface area contributed by atoms with Gasteiger partial charge in [-0.15, -0.1) is 0 Å². The van der Waals surface area contributed by atoms with Gasteiger partial charge in [0.2, 0.25) is 0 Å². The van der Waals surface area contributed by atoms with Gasteiger partial charge in [-0.3, -0.25) is 19.6 Å². The number of ketones is 1. The Morgan fingerprint density at radius 2 is 1.36 bits per heavy atom. The average Bonchev–Trinajstić information content (AvgIpc) is 2.76. The highest BCUT2D eigenvalue weighted by molar-refractivity contribution is 7.92. The first kappa shape index (κ1) is 24.1. The zero-order chi connectivity index (χ0) is 24.2. The first-order valence-corrected chi connectivity index (χ1v) is 11.9. The van der Waals surface area contributed by atoms with Crippen LogP contribution in [0.1, 0.15) is 38.8 Å². The molecule has 0 heterocycles. The molecule has 0 fully saturated rings. The Hall–Kier alpha value is -3.56. The van der Waals surface area contributed by atoms with E-state index in [0.717, 1.165) is 11.1 Å². The number of thiocarbonyl (C=S) groups is 1. The van der Waals surface area contributed by atoms with E-state index in [-0.39, 0.29) is 15.8 Å². The summed E-state index contributed by atoms with van der Waals surface area (Å²) in [6, 6.07) is 17.8. The van der Waals surface area contributed by atoms with Gasteiger partial charge in [-0.2, -0.15) is 0 Å². The molecule has 0 saturated heterocycles. The second-order valence-electron chi connectivity index (χ2n) is 7.44. The molecule has 7 nitrogen and oxygen atoms in total. The van der Waals surface area contributed by atoms with Crippen LogP contribution >= 0.6 is 12.2 Å². The number of hydrogen-bond donors (Lipinski definition) is 3. The molecular formula is C24H23N3O4S2. The lowest BCUT2D eigenvalue weighted by Gasteiger charge is -2.14. The Labute approximate surface area is 198 Å². The number of benzene rings is 3. The molecule has 0 atom stereocenters. The van der Waals surface area contributed by atoms with Crippen LogP contribution in [-0.4, -0.2) is 25.2 Å². The number of aryl methyl sites for hydroxylation is 2. The highest BCUT2D eigenvalue weighted by Crippen LogP contribution is 2.24. The molecule has 3 rings (SSSR count). The van der Waals surface area contributed by atoms with Gasteiger partial charge in [-0.05, 0) is 80.5 Å². The summed E-state index contributed by atoms with van der Waals surface area (Å²) in [6.45, 7) is 5.13. The third-order valence-electron chi connectivity index (χ3n) is 4.92. The van der Waals surface area contributed by atoms with E-state index in [0.29, 0.717) is 22.5 Å². The highest BCUT2D eigenvalue weighted by Gasteiger charge is 2.17. The van der Waals surface area contributed by atoms with Gasteiger partial charge in [0, 0.05) is 16.8 Å². The van der Waals surface area contributed by atoms with Crippen molar-refractivity contribution in [3.05, 3.63) is 89.0 Å². The van der Waals surface area contributed by atoms with Gasteiger partial charge in [0.05, 0.1) is 10.6 Å². The molecule has 1 amide bonds. The SMILES string of the molecule is CC(=O)c1ccc(C(=O)NC(=S)Nc2ccc(S(=O)(=O)Nc3c(C)cccc3C)cc2)cc1. The lowest BCUT2D eigenvalue weighted by atomic mass is 10.1. The van der Waals surface area contributed by atoms with Crippen molar-refractivity contribution in [1.29, 1.82) is 0 Å². The molecule has 0 spiro atoms. The fourth-order valence-electron chi connectivity index (χ4n) is 3.08. The van der Waals surface area contributed by atoms with Crippen LogP contribution < -0.4 is 15.4 Å². The van der Waals surface area contributed by atoms with Crippen LogP contribution in [0.3, 0.4) is 0 Å². The summed E-state index contributed by atoms with van der Waals surface area (Å²) in [6.07, 6.45) is 0. The minimum atomic E-state index is -3.77. The summed E-state index contributed by atoms with van der Waals surface area (Å²) >= 11 is 5.17. The Morgan fingerprint density at radius 1 is 0.818 bits per heavy atom. The summed E-state index contributed by atoms with van der Waals surface area (Å²) in [7, 11) is -3.77. The average molecular weight is 482 g/mol. The molecule has 0 aliphatic rings. The third-order valence-corrected chi connectivity index (χ3v) is 6.49. The second-order valence-corrected chi connectivity index (χ2v) is 9.53. The zero-order valence-corrected chi connectivity index (χ0v) is 19.9. The summed E-state index contributed by atoms with van der Waals surface area (Å²) < 4.78 is 28.2. The molecule has 9 heteroatoms. The molecule has 0 aromatic heterocycles. The molecule has 33 heavy (non-hydrogen) atoms. The molecule has 3 N–H and O–H groups in total. The molecule has 0 radical (unpaired) electrons. The number of Topliss-reactive ketones (excluding diaryl/α,β-unsaturated/α-hetero) is 1. The van der Waals surface area contributed by atoms with Crippen molar-refractivity contribution in [3.63, 3.8) is 0 Å². The number of carbonyl (C=O) groups is 2. The number of hydrogen-bond acceptors (Lipinski definition) is 5. The number of nitrogens with one attached hydrogen (secondary N) is 3. The number of sulfonamides is 1. The second kappa shape index (κ2) is 9.93. The van der Waals surface area contributed by atoms with Crippen molar-refractivity contribution < 1.29 is 18.0 Å². The van der Waals surface area contributed by atoms with Gasteiger partial charge in [-0.25, -0.2) is 8.42 Å². The maximum absolute atomic E-state index is 12.8. The topological polar surface area (TPSA) is 104 Å². The Bertz CT molecular complexity index is 1300. The van der Waals surface area contributed by atoms with E-state index in [4.69, 9.17) is 12.2 Å². The highest BCUT2D eigenvalue weighted by atomic mass is 32.2. The fourth-order valence-corrected chi connectivity index (χ4v) is 4.49. The van der Waals surface area contributed by atoms with Crippen LogP contribution in [0.5, 0.6) is 0 Å². The standard InChI is InChI=1S/C24H23N3O4S2/c1-15-5-4-6-16(2)22(15)27-33(30,31)21-13-11-20(12-14-21)25-24(32)26-23(29)19-9-7-18(8-10-19)17(3)28/h4-14,27H,1-3H3,(H2,25,26,29,32). The molecule has 3 aromatic rings. The van der Waals surface area contributed by atoms with Gasteiger partial charge in [0.1, 0.15) is 0 Å². The van der Waals surface area contributed by atoms with Gasteiger partial charge in [0.25, 0.3) is 15.9 Å². The molecule has 0 aliphatic carbocycles. The fraction of sp³-hybridized carbons (Fsp3) is 0.125. The van der Waals surface area contributed by atoms with Crippen molar-refractivity contribution in [2.75, 3.05) is 10.0 Å². The Kier molecular flexibility index (Phi) is 7.25. The summed E-state index contributed by atoms with van der Waals surface area (Å²) in [5.41, 5.74) is 3.58. The Balaban J connectivity index is 1.64. The molecule has 0 bridgehead atoms. The zero-order valence-electron chi connectivity index (χ0n) is 18.3. The predicted octanol–water partition coefficient (Wildman–Crippen LogP) is 4.43. The van der Waals surface area contributed by atoms with Crippen molar-refractivity contribution in [2.45, 2.75) is 25.7 Å². The van der Waals surface area contributed by atoms with Crippen LogP contribution in [0.2, 0.25) is 0 Å². The lowest BCUT2D eigenvalue weighted by molar-refractivity contribution is 0.0974. The summed E-state index contributed by atoms with van der Waals surface area (Å²) in [4.78, 5) is 23.8. The molecule has 0 saturated carbocycles. The molecular weight excluding hydrogens is 458 g/mol. The molecule has 0 aliphatic heterocycles. The number of rotatable bonds is 6. The van der Waals surface area contributed by atoms with Crippen LogP contribution in [-0.2, 0) is 10.0 Å². The number of carbonyl (C=O) groups excluding carboxylic acids is 2. The van der Waals surface area contributed by atoms with Crippen molar-refractivity contribution >= 4 is 50.4 Å². The van der Waals surface area contributed by atoms with Gasteiger partial charge < -0.3 is 5.32 Å². The van der Waals surface area contributed by atoms with Gasteiger partial charge in [-0.1, -0.05) is 30.3 Å². The molecule has 3 aromatic carbocycles. The summed E-state index contributed by atoms with van der Waals surface area (Å²) in [5.74, 6) is -0.520. The number of para-hydroxylation sites is 1. The van der Waals surface area contributed by atoms with Gasteiger partial charge in [0.15, 0.2) is 10.9 Å². The minimum Gasteiger partial charge on any atom is -0.332 e. The largest absolute Gasteiger partial charge is 0.332 e. The third kappa shape index (κ3) is 6.03. The van der Waals surface area contributed by atoms with E-state index in [1.54, 1.807) is 24.3 Å². The monoisotopic (exact) mass is 481 g/mol. The van der Waals surface area contributed by atoms with Gasteiger partial charge >= 0.3 is 0 Å². The van der Waals surface area contributed by atoms with Crippen molar-refractivity contribution in [3.8, 4) is 0 Å². The van der Waals surface area contributed by atoms with Crippen molar-refractivity contribution in [2.24, 2.45) is 0 Å². The predicted molar refractivity (Wildman–Crippen MR) is 133 cm³/mol. The van der Waals surface area contributed by atoms with E-state index >= 15 is 0 Å². The van der Waals surface area contributed by atoms with E-state index < -0.39 is 15.9 Å². The first-order valence-electron chi connectivity index (χ1n) is 9.99. The lowest BCUT2D eigenvalue weighted by Crippen LogP contribution is -2.34. The molecule has 170 valence electrons. The number of anilines is 2. The Morgan fingerprint density at radius 3 is 1.91 bits per heavy atom. The van der Waals surface area contributed by atoms with Crippen molar-refractivity contribution in [1.82, 2.24) is 5.32 Å². The summed E-state index contributed by atoms with van der Waals surface area (Å²) in [5, 5.41) is 5.45. The van der Waals surface area contributed by atoms with E-state index in [9.17, 15) is 18.0 Å². The quantitative estimate of drug-likeness (QED) is 0.355. The minimum absolute atomic E-state index is 0.0555.